The fraction of sp³-hybridized carbons (Fsp3) is 0.125. The lowest BCUT2D eigenvalue weighted by molar-refractivity contribution is 0.0958. The van der Waals surface area contributed by atoms with E-state index in [-0.39, 0.29) is 23.3 Å². The van der Waals surface area contributed by atoms with Crippen molar-refractivity contribution in [3.05, 3.63) is 105 Å². The molecule has 5 nitrogen and oxygen atoms in total. The Bertz CT molecular complexity index is 1280. The summed E-state index contributed by atoms with van der Waals surface area (Å²) in [5, 5.41) is 0.854. The molecule has 0 saturated heterocycles. The molecule has 0 saturated carbocycles. The molecule has 0 unspecified atom stereocenters. The molecule has 0 spiro atoms. The van der Waals surface area contributed by atoms with Crippen molar-refractivity contribution < 1.29 is 9.21 Å². The molecule has 2 aromatic carbocycles. The summed E-state index contributed by atoms with van der Waals surface area (Å²) < 4.78 is 5.80. The number of hydrogen-bond donors (Lipinski definition) is 0. The van der Waals surface area contributed by atoms with Crippen LogP contribution in [0, 0.1) is 13.8 Å². The predicted octanol–water partition coefficient (Wildman–Crippen LogP) is 5.31. The first kappa shape index (κ1) is 19.9. The number of rotatable bonds is 4. The van der Waals surface area contributed by atoms with Gasteiger partial charge in [-0.3, -0.25) is 14.5 Å². The van der Waals surface area contributed by atoms with E-state index >= 15 is 0 Å². The summed E-state index contributed by atoms with van der Waals surface area (Å²) in [6.45, 7) is 4.10. The fourth-order valence-corrected chi connectivity index (χ4v) is 3.32. The molecular weight excluding hydrogens is 400 g/mol. The zero-order chi connectivity index (χ0) is 21.3. The van der Waals surface area contributed by atoms with Crippen molar-refractivity contribution >= 4 is 34.3 Å². The first-order valence-corrected chi connectivity index (χ1v) is 9.82. The normalized spacial score (nSPS) is 10.9. The Morgan fingerprint density at radius 2 is 1.83 bits per heavy atom. The summed E-state index contributed by atoms with van der Waals surface area (Å²) in [5.74, 6) is -0.0529. The van der Waals surface area contributed by atoms with Crippen LogP contribution in [0.5, 0.6) is 0 Å². The Hall–Kier alpha value is -3.44. The monoisotopic (exact) mass is 418 g/mol. The van der Waals surface area contributed by atoms with Crippen LogP contribution in [0.3, 0.4) is 0 Å². The molecule has 4 rings (SSSR count). The lowest BCUT2D eigenvalue weighted by atomic mass is 10.1. The van der Waals surface area contributed by atoms with Crippen LogP contribution in [0.4, 0.5) is 5.82 Å². The van der Waals surface area contributed by atoms with Crippen LogP contribution in [-0.4, -0.2) is 10.9 Å². The minimum Gasteiger partial charge on any atom is -0.451 e. The Balaban J connectivity index is 1.78. The van der Waals surface area contributed by atoms with Gasteiger partial charge >= 0.3 is 0 Å². The van der Waals surface area contributed by atoms with Gasteiger partial charge in [0.1, 0.15) is 11.4 Å². The summed E-state index contributed by atoms with van der Waals surface area (Å²) in [4.78, 5) is 31.8. The Kier molecular flexibility index (Phi) is 5.38. The Morgan fingerprint density at radius 1 is 1.07 bits per heavy atom. The molecule has 0 atom stereocenters. The van der Waals surface area contributed by atoms with Crippen LogP contribution in [-0.2, 0) is 6.54 Å². The number of benzene rings is 2. The van der Waals surface area contributed by atoms with Gasteiger partial charge in [0.05, 0.1) is 11.9 Å². The molecule has 150 valence electrons. The number of pyridine rings is 1. The SMILES string of the molecule is Cc1ccc(CN(C(=O)c2cc(=O)c3cc(C)c(Cl)cc3o2)c2ccccn2)cc1. The maximum atomic E-state index is 13.4. The highest BCUT2D eigenvalue weighted by atomic mass is 35.5. The van der Waals surface area contributed by atoms with Gasteiger partial charge in [-0.05, 0) is 43.2 Å². The number of halogens is 1. The quantitative estimate of drug-likeness (QED) is 0.450. The minimum atomic E-state index is -0.454. The smallest absolute Gasteiger partial charge is 0.295 e. The molecule has 6 heteroatoms. The molecule has 1 amide bonds. The van der Waals surface area contributed by atoms with Gasteiger partial charge in [-0.2, -0.15) is 0 Å². The number of carbonyl (C=O) groups is 1. The van der Waals surface area contributed by atoms with Crippen molar-refractivity contribution in [2.75, 3.05) is 4.90 Å². The third-order valence-electron chi connectivity index (χ3n) is 4.85. The first-order chi connectivity index (χ1) is 14.4. The number of amides is 1. The van der Waals surface area contributed by atoms with E-state index in [1.165, 1.54) is 11.0 Å². The lowest BCUT2D eigenvalue weighted by Gasteiger charge is -2.21. The molecule has 0 radical (unpaired) electrons. The zero-order valence-electron chi connectivity index (χ0n) is 16.6. The third-order valence-corrected chi connectivity index (χ3v) is 5.26. The minimum absolute atomic E-state index is 0.0646. The summed E-state index contributed by atoms with van der Waals surface area (Å²) in [5.41, 5.74) is 2.81. The molecule has 0 bridgehead atoms. The maximum Gasteiger partial charge on any atom is 0.295 e. The van der Waals surface area contributed by atoms with Crippen LogP contribution >= 0.6 is 11.6 Å². The maximum absolute atomic E-state index is 13.4. The number of nitrogens with zero attached hydrogens (tertiary/aromatic N) is 2. The van der Waals surface area contributed by atoms with Gasteiger partial charge in [0.25, 0.3) is 5.91 Å². The molecule has 4 aromatic rings. The van der Waals surface area contributed by atoms with Crippen molar-refractivity contribution in [1.82, 2.24) is 4.98 Å². The molecule has 0 aliphatic rings. The molecule has 2 heterocycles. The summed E-state index contributed by atoms with van der Waals surface area (Å²) in [6.07, 6.45) is 1.61. The number of aromatic nitrogens is 1. The average molecular weight is 419 g/mol. The molecule has 0 N–H and O–H groups in total. The Labute approximate surface area is 178 Å². The van der Waals surface area contributed by atoms with E-state index in [2.05, 4.69) is 4.98 Å². The van der Waals surface area contributed by atoms with Gasteiger partial charge in [-0.1, -0.05) is 47.5 Å². The summed E-state index contributed by atoms with van der Waals surface area (Å²) in [7, 11) is 0. The van der Waals surface area contributed by atoms with E-state index in [9.17, 15) is 9.59 Å². The highest BCUT2D eigenvalue weighted by molar-refractivity contribution is 6.32. The number of carbonyl (C=O) groups excluding carboxylic acids is 1. The van der Waals surface area contributed by atoms with Crippen molar-refractivity contribution in [1.29, 1.82) is 0 Å². The van der Waals surface area contributed by atoms with Gasteiger partial charge in [0.2, 0.25) is 0 Å². The second kappa shape index (κ2) is 8.13. The highest BCUT2D eigenvalue weighted by Gasteiger charge is 2.23. The van der Waals surface area contributed by atoms with Crippen molar-refractivity contribution in [3.8, 4) is 0 Å². The van der Waals surface area contributed by atoms with E-state index < -0.39 is 5.91 Å². The number of fused-ring (bicyclic) bond motifs is 1. The first-order valence-electron chi connectivity index (χ1n) is 9.45. The highest BCUT2D eigenvalue weighted by Crippen LogP contribution is 2.24. The predicted molar refractivity (Wildman–Crippen MR) is 118 cm³/mol. The second-order valence-electron chi connectivity index (χ2n) is 7.14. The van der Waals surface area contributed by atoms with Crippen LogP contribution in [0.2, 0.25) is 5.02 Å². The summed E-state index contributed by atoms with van der Waals surface area (Å²) in [6, 6.07) is 17.7. The fourth-order valence-electron chi connectivity index (χ4n) is 3.17. The third kappa shape index (κ3) is 3.98. The lowest BCUT2D eigenvalue weighted by Crippen LogP contribution is -2.31. The van der Waals surface area contributed by atoms with E-state index in [1.54, 1.807) is 36.5 Å². The van der Waals surface area contributed by atoms with Crippen LogP contribution in [0.15, 0.2) is 76.1 Å². The zero-order valence-corrected chi connectivity index (χ0v) is 17.3. The number of aryl methyl sites for hydroxylation is 2. The summed E-state index contributed by atoms with van der Waals surface area (Å²) >= 11 is 6.18. The molecule has 0 aliphatic heterocycles. The van der Waals surface area contributed by atoms with Gasteiger partial charge in [-0.25, -0.2) is 4.98 Å². The number of anilines is 1. The molecule has 30 heavy (non-hydrogen) atoms. The Morgan fingerprint density at radius 3 is 2.53 bits per heavy atom. The van der Waals surface area contributed by atoms with Crippen molar-refractivity contribution in [2.45, 2.75) is 20.4 Å². The van der Waals surface area contributed by atoms with E-state index in [1.807, 2.05) is 38.1 Å². The molecule has 2 aromatic heterocycles. The number of hydrogen-bond acceptors (Lipinski definition) is 4. The molecule has 0 aliphatic carbocycles. The van der Waals surface area contributed by atoms with Gasteiger partial charge in [-0.15, -0.1) is 0 Å². The second-order valence-corrected chi connectivity index (χ2v) is 7.54. The van der Waals surface area contributed by atoms with E-state index in [4.69, 9.17) is 16.0 Å². The van der Waals surface area contributed by atoms with Crippen molar-refractivity contribution in [2.24, 2.45) is 0 Å². The van der Waals surface area contributed by atoms with Gasteiger partial charge < -0.3 is 4.42 Å². The van der Waals surface area contributed by atoms with Crippen LogP contribution < -0.4 is 10.3 Å². The van der Waals surface area contributed by atoms with Crippen LogP contribution in [0.25, 0.3) is 11.0 Å². The average Bonchev–Trinajstić information content (AvgIpc) is 2.75. The standard InChI is InChI=1S/C24H19ClN2O3/c1-15-6-8-17(9-7-15)14-27(23-5-3-4-10-26-23)24(29)22-13-20(28)18-11-16(2)19(25)12-21(18)30-22/h3-13H,14H2,1-2H3. The van der Waals surface area contributed by atoms with Gasteiger partial charge in [0, 0.05) is 23.4 Å². The molecular formula is C24H19ClN2O3. The van der Waals surface area contributed by atoms with Gasteiger partial charge in [0.15, 0.2) is 11.2 Å². The molecule has 0 fully saturated rings. The van der Waals surface area contributed by atoms with Crippen molar-refractivity contribution in [3.63, 3.8) is 0 Å². The van der Waals surface area contributed by atoms with E-state index in [0.717, 1.165) is 16.7 Å². The van der Waals surface area contributed by atoms with E-state index in [0.29, 0.717) is 16.2 Å². The topological polar surface area (TPSA) is 63.4 Å². The largest absolute Gasteiger partial charge is 0.451 e. The van der Waals surface area contributed by atoms with Crippen LogP contribution in [0.1, 0.15) is 27.2 Å².